The third-order valence-electron chi connectivity index (χ3n) is 3.42. The summed E-state index contributed by atoms with van der Waals surface area (Å²) in [4.78, 5) is 24.8. The molecular weight excluding hydrogens is 340 g/mol. The number of nitrogens with zero attached hydrogens (tertiary/aromatic N) is 1. The molecule has 0 spiro atoms. The van der Waals surface area contributed by atoms with Crippen molar-refractivity contribution in [3.63, 3.8) is 0 Å². The first kappa shape index (κ1) is 15.6. The van der Waals surface area contributed by atoms with E-state index in [2.05, 4.69) is 21.2 Å². The minimum Gasteiger partial charge on any atom is -0.497 e. The lowest BCUT2D eigenvalue weighted by Crippen LogP contribution is -2.44. The topological polar surface area (TPSA) is 78.9 Å². The Bertz CT molecular complexity index is 550. The average molecular weight is 357 g/mol. The van der Waals surface area contributed by atoms with Crippen molar-refractivity contribution in [2.45, 2.75) is 12.8 Å². The molecule has 1 fully saturated rings. The van der Waals surface area contributed by atoms with Crippen LogP contribution < -0.4 is 10.1 Å². The highest BCUT2D eigenvalue weighted by Crippen LogP contribution is 2.25. The van der Waals surface area contributed by atoms with Crippen LogP contribution in [0, 0.1) is 5.92 Å². The SMILES string of the molecule is COc1cc(Br)cc(NC(=O)N2CCC[C@H](C(=O)O)C2)c1. The predicted octanol–water partition coefficient (Wildman–Crippen LogP) is 2.79. The average Bonchev–Trinajstić information content (AvgIpc) is 2.46. The number of nitrogens with one attached hydrogen (secondary N) is 1. The van der Waals surface area contributed by atoms with Gasteiger partial charge in [-0.1, -0.05) is 15.9 Å². The molecule has 2 amide bonds. The fourth-order valence-electron chi connectivity index (χ4n) is 2.32. The number of likely N-dealkylation sites (tertiary alicyclic amines) is 1. The number of urea groups is 1. The summed E-state index contributed by atoms with van der Waals surface area (Å²) in [5, 5.41) is 11.8. The maximum absolute atomic E-state index is 12.2. The second-order valence-corrected chi connectivity index (χ2v) is 5.85. The van der Waals surface area contributed by atoms with Gasteiger partial charge in [0.1, 0.15) is 5.75 Å². The fraction of sp³-hybridized carbons (Fsp3) is 0.429. The monoisotopic (exact) mass is 356 g/mol. The van der Waals surface area contributed by atoms with Gasteiger partial charge in [-0.2, -0.15) is 0 Å². The Morgan fingerprint density at radius 2 is 2.19 bits per heavy atom. The van der Waals surface area contributed by atoms with Crippen LogP contribution in [-0.2, 0) is 4.79 Å². The molecule has 0 aromatic heterocycles. The van der Waals surface area contributed by atoms with Gasteiger partial charge < -0.3 is 20.1 Å². The maximum Gasteiger partial charge on any atom is 0.321 e. The highest BCUT2D eigenvalue weighted by atomic mass is 79.9. The number of carboxylic acid groups (broad SMARTS) is 1. The minimum absolute atomic E-state index is 0.242. The highest BCUT2D eigenvalue weighted by Gasteiger charge is 2.28. The number of benzene rings is 1. The summed E-state index contributed by atoms with van der Waals surface area (Å²) < 4.78 is 5.93. The van der Waals surface area contributed by atoms with Gasteiger partial charge in [0.2, 0.25) is 0 Å². The molecule has 0 bridgehead atoms. The van der Waals surface area contributed by atoms with E-state index in [1.165, 1.54) is 4.90 Å². The lowest BCUT2D eigenvalue weighted by atomic mass is 9.99. The molecule has 1 heterocycles. The lowest BCUT2D eigenvalue weighted by Gasteiger charge is -2.30. The molecule has 2 N–H and O–H groups in total. The number of amides is 2. The van der Waals surface area contributed by atoms with Gasteiger partial charge in [-0.15, -0.1) is 0 Å². The zero-order valence-electron chi connectivity index (χ0n) is 11.6. The second-order valence-electron chi connectivity index (χ2n) is 4.93. The third kappa shape index (κ3) is 4.10. The van der Waals surface area contributed by atoms with Gasteiger partial charge in [-0.25, -0.2) is 4.79 Å². The zero-order chi connectivity index (χ0) is 15.4. The molecule has 7 heteroatoms. The summed E-state index contributed by atoms with van der Waals surface area (Å²) in [5.41, 5.74) is 0.601. The first-order valence-corrected chi connectivity index (χ1v) is 7.42. The number of carbonyl (C=O) groups excluding carboxylic acids is 1. The number of ether oxygens (including phenoxy) is 1. The number of hydrogen-bond donors (Lipinski definition) is 2. The van der Waals surface area contributed by atoms with Crippen molar-refractivity contribution < 1.29 is 19.4 Å². The van der Waals surface area contributed by atoms with Gasteiger partial charge in [0.25, 0.3) is 0 Å². The van der Waals surface area contributed by atoms with E-state index in [-0.39, 0.29) is 12.6 Å². The molecule has 0 radical (unpaired) electrons. The summed E-state index contributed by atoms with van der Waals surface area (Å²) in [6.07, 6.45) is 1.32. The molecule has 1 aliphatic rings. The van der Waals surface area contributed by atoms with Gasteiger partial charge in [0.15, 0.2) is 0 Å². The quantitative estimate of drug-likeness (QED) is 0.872. The molecule has 0 aliphatic carbocycles. The van der Waals surface area contributed by atoms with Crippen molar-refractivity contribution in [3.8, 4) is 5.75 Å². The highest BCUT2D eigenvalue weighted by molar-refractivity contribution is 9.10. The number of halogens is 1. The van der Waals surface area contributed by atoms with Crippen LogP contribution >= 0.6 is 15.9 Å². The molecular formula is C14H17BrN2O4. The van der Waals surface area contributed by atoms with Crippen LogP contribution in [0.15, 0.2) is 22.7 Å². The number of anilines is 1. The minimum atomic E-state index is -0.850. The lowest BCUT2D eigenvalue weighted by molar-refractivity contribution is -0.143. The van der Waals surface area contributed by atoms with E-state index in [0.717, 1.165) is 4.47 Å². The van der Waals surface area contributed by atoms with E-state index < -0.39 is 11.9 Å². The molecule has 21 heavy (non-hydrogen) atoms. The van der Waals surface area contributed by atoms with Crippen LogP contribution in [0.1, 0.15) is 12.8 Å². The summed E-state index contributed by atoms with van der Waals surface area (Å²) >= 11 is 3.35. The van der Waals surface area contributed by atoms with Gasteiger partial charge in [-0.3, -0.25) is 4.79 Å². The molecule has 114 valence electrons. The molecule has 1 saturated heterocycles. The summed E-state index contributed by atoms with van der Waals surface area (Å²) in [6.45, 7) is 0.813. The molecule has 1 atom stereocenters. The van der Waals surface area contributed by atoms with E-state index in [1.807, 2.05) is 0 Å². The number of methoxy groups -OCH3 is 1. The summed E-state index contributed by atoms with van der Waals surface area (Å²) in [5.74, 6) is -0.708. The molecule has 0 unspecified atom stereocenters. The van der Waals surface area contributed by atoms with E-state index in [4.69, 9.17) is 9.84 Å². The Morgan fingerprint density at radius 3 is 2.86 bits per heavy atom. The van der Waals surface area contributed by atoms with Gasteiger partial charge >= 0.3 is 12.0 Å². The van der Waals surface area contributed by atoms with Gasteiger partial charge in [0.05, 0.1) is 13.0 Å². The van der Waals surface area contributed by atoms with E-state index in [0.29, 0.717) is 30.8 Å². The molecule has 1 aliphatic heterocycles. The Kier molecular flexibility index (Phi) is 5.06. The van der Waals surface area contributed by atoms with Crippen LogP contribution in [0.3, 0.4) is 0 Å². The van der Waals surface area contributed by atoms with E-state index in [9.17, 15) is 9.59 Å². The van der Waals surface area contributed by atoms with Crippen LogP contribution in [0.25, 0.3) is 0 Å². The van der Waals surface area contributed by atoms with Gasteiger partial charge in [-0.05, 0) is 25.0 Å². The van der Waals surface area contributed by atoms with Crippen molar-refractivity contribution in [1.29, 1.82) is 0 Å². The Balaban J connectivity index is 2.04. The van der Waals surface area contributed by atoms with Crippen molar-refractivity contribution in [2.75, 3.05) is 25.5 Å². The number of aliphatic carboxylic acids is 1. The van der Waals surface area contributed by atoms with Crippen molar-refractivity contribution in [2.24, 2.45) is 5.92 Å². The maximum atomic E-state index is 12.2. The predicted molar refractivity (Wildman–Crippen MR) is 81.6 cm³/mol. The number of piperidine rings is 1. The summed E-state index contributed by atoms with van der Waals surface area (Å²) in [6, 6.07) is 4.97. The normalized spacial score (nSPS) is 18.2. The van der Waals surface area contributed by atoms with E-state index >= 15 is 0 Å². The number of carboxylic acids is 1. The van der Waals surface area contributed by atoms with Crippen LogP contribution in [-0.4, -0.2) is 42.2 Å². The molecule has 6 nitrogen and oxygen atoms in total. The Hall–Kier alpha value is -1.76. The van der Waals surface area contributed by atoms with Crippen LogP contribution in [0.4, 0.5) is 10.5 Å². The summed E-state index contributed by atoms with van der Waals surface area (Å²) in [7, 11) is 1.55. The van der Waals surface area contributed by atoms with Crippen LogP contribution in [0.2, 0.25) is 0 Å². The van der Waals surface area contributed by atoms with Gasteiger partial charge in [0, 0.05) is 29.3 Å². The third-order valence-corrected chi connectivity index (χ3v) is 3.87. The Morgan fingerprint density at radius 1 is 1.43 bits per heavy atom. The van der Waals surface area contributed by atoms with Crippen molar-refractivity contribution in [3.05, 3.63) is 22.7 Å². The first-order valence-electron chi connectivity index (χ1n) is 6.63. The fourth-order valence-corrected chi connectivity index (χ4v) is 2.79. The standard InChI is InChI=1S/C14H17BrN2O4/c1-21-12-6-10(15)5-11(7-12)16-14(20)17-4-2-3-9(8-17)13(18)19/h5-7,9H,2-4,8H2,1H3,(H,16,20)(H,18,19)/t9-/m0/s1. The van der Waals surface area contributed by atoms with Crippen LogP contribution in [0.5, 0.6) is 5.75 Å². The zero-order valence-corrected chi connectivity index (χ0v) is 13.2. The Labute approximate surface area is 131 Å². The largest absolute Gasteiger partial charge is 0.497 e. The molecule has 0 saturated carbocycles. The molecule has 2 rings (SSSR count). The number of carbonyl (C=O) groups is 2. The second kappa shape index (κ2) is 6.80. The first-order chi connectivity index (χ1) is 9.99. The molecule has 1 aromatic carbocycles. The van der Waals surface area contributed by atoms with Crippen molar-refractivity contribution >= 4 is 33.6 Å². The number of hydrogen-bond acceptors (Lipinski definition) is 3. The van der Waals surface area contributed by atoms with E-state index in [1.54, 1.807) is 25.3 Å². The smallest absolute Gasteiger partial charge is 0.321 e. The number of rotatable bonds is 3. The molecule has 1 aromatic rings. The van der Waals surface area contributed by atoms with Crippen molar-refractivity contribution in [1.82, 2.24) is 4.90 Å².